The predicted octanol–water partition coefficient (Wildman–Crippen LogP) is 2.21. The number of halogens is 1. The summed E-state index contributed by atoms with van der Waals surface area (Å²) in [7, 11) is 1.64. The number of alkyl halides is 1. The fourth-order valence-corrected chi connectivity index (χ4v) is 1.69. The summed E-state index contributed by atoms with van der Waals surface area (Å²) in [5.74, 6) is 0.173. The van der Waals surface area contributed by atoms with Crippen molar-refractivity contribution in [3.63, 3.8) is 0 Å². The summed E-state index contributed by atoms with van der Waals surface area (Å²) in [5, 5.41) is 10.6. The standard InChI is InChI=1S/C11H13ClN2O3/c1-8-7-9(14(16)17)3-4-10(8)11(15)13(2)6-5-12/h3-4,7H,5-6H2,1-2H3. The minimum absolute atomic E-state index is 0.0148. The Kier molecular flexibility index (Phi) is 4.45. The summed E-state index contributed by atoms with van der Waals surface area (Å²) < 4.78 is 0. The van der Waals surface area contributed by atoms with Gasteiger partial charge in [0.05, 0.1) is 4.92 Å². The van der Waals surface area contributed by atoms with Gasteiger partial charge >= 0.3 is 0 Å². The van der Waals surface area contributed by atoms with E-state index in [1.807, 2.05) is 0 Å². The number of amides is 1. The van der Waals surface area contributed by atoms with Gasteiger partial charge in [0, 0.05) is 37.2 Å². The third-order valence-corrected chi connectivity index (χ3v) is 2.59. The molecule has 0 N–H and O–H groups in total. The van der Waals surface area contributed by atoms with Gasteiger partial charge in [0.2, 0.25) is 0 Å². The fraction of sp³-hybridized carbons (Fsp3) is 0.364. The maximum Gasteiger partial charge on any atom is 0.269 e. The average molecular weight is 257 g/mol. The monoisotopic (exact) mass is 256 g/mol. The zero-order valence-electron chi connectivity index (χ0n) is 9.64. The molecule has 0 aliphatic carbocycles. The van der Waals surface area contributed by atoms with Crippen LogP contribution in [-0.4, -0.2) is 35.2 Å². The number of nitro benzene ring substituents is 1. The van der Waals surface area contributed by atoms with E-state index in [0.29, 0.717) is 23.6 Å². The average Bonchev–Trinajstić information content (AvgIpc) is 2.28. The first-order chi connectivity index (χ1) is 7.97. The molecule has 5 nitrogen and oxygen atoms in total. The molecule has 0 radical (unpaired) electrons. The van der Waals surface area contributed by atoms with Crippen molar-refractivity contribution in [2.45, 2.75) is 6.92 Å². The van der Waals surface area contributed by atoms with E-state index in [2.05, 4.69) is 0 Å². The summed E-state index contributed by atoms with van der Waals surface area (Å²) in [6.07, 6.45) is 0. The number of nitro groups is 1. The molecule has 1 rings (SSSR count). The molecule has 17 heavy (non-hydrogen) atoms. The summed E-state index contributed by atoms with van der Waals surface area (Å²) in [4.78, 5) is 23.5. The molecule has 0 aliphatic rings. The van der Waals surface area contributed by atoms with Crippen LogP contribution in [0.1, 0.15) is 15.9 Å². The second-order valence-corrected chi connectivity index (χ2v) is 4.05. The van der Waals surface area contributed by atoms with Crippen LogP contribution in [0.15, 0.2) is 18.2 Å². The number of rotatable bonds is 4. The Balaban J connectivity index is 3.00. The van der Waals surface area contributed by atoms with Gasteiger partial charge in [0.1, 0.15) is 0 Å². The Hall–Kier alpha value is -1.62. The molecule has 0 aromatic heterocycles. The van der Waals surface area contributed by atoms with Gasteiger partial charge in [-0.05, 0) is 18.6 Å². The Morgan fingerprint density at radius 1 is 1.53 bits per heavy atom. The van der Waals surface area contributed by atoms with Gasteiger partial charge in [-0.3, -0.25) is 14.9 Å². The molecular formula is C11H13ClN2O3. The molecule has 1 aromatic carbocycles. The zero-order chi connectivity index (χ0) is 13.0. The van der Waals surface area contributed by atoms with Crippen molar-refractivity contribution in [2.75, 3.05) is 19.5 Å². The van der Waals surface area contributed by atoms with Crippen molar-refractivity contribution in [3.05, 3.63) is 39.4 Å². The van der Waals surface area contributed by atoms with Crippen LogP contribution in [0.4, 0.5) is 5.69 Å². The van der Waals surface area contributed by atoms with Crippen LogP contribution < -0.4 is 0 Å². The molecule has 0 atom stereocenters. The molecule has 0 heterocycles. The van der Waals surface area contributed by atoms with Gasteiger partial charge in [-0.2, -0.15) is 0 Å². The van der Waals surface area contributed by atoms with Crippen LogP contribution in [0.25, 0.3) is 0 Å². The quantitative estimate of drug-likeness (QED) is 0.471. The number of aryl methyl sites for hydroxylation is 1. The highest BCUT2D eigenvalue weighted by Gasteiger charge is 2.16. The zero-order valence-corrected chi connectivity index (χ0v) is 10.4. The highest BCUT2D eigenvalue weighted by molar-refractivity contribution is 6.18. The van der Waals surface area contributed by atoms with Gasteiger partial charge < -0.3 is 4.90 Å². The van der Waals surface area contributed by atoms with E-state index in [-0.39, 0.29) is 11.6 Å². The number of benzene rings is 1. The highest BCUT2D eigenvalue weighted by Crippen LogP contribution is 2.18. The Morgan fingerprint density at radius 3 is 2.65 bits per heavy atom. The van der Waals surface area contributed by atoms with Gasteiger partial charge in [-0.25, -0.2) is 0 Å². The smallest absolute Gasteiger partial charge is 0.269 e. The second-order valence-electron chi connectivity index (χ2n) is 3.67. The molecule has 1 aromatic rings. The molecule has 0 unspecified atom stereocenters. The van der Waals surface area contributed by atoms with Gasteiger partial charge in [-0.1, -0.05) is 0 Å². The van der Waals surface area contributed by atoms with Crippen LogP contribution in [0.2, 0.25) is 0 Å². The van der Waals surface area contributed by atoms with Crippen molar-refractivity contribution >= 4 is 23.2 Å². The summed E-state index contributed by atoms with van der Waals surface area (Å²) in [5.41, 5.74) is 1.04. The van der Waals surface area contributed by atoms with Crippen LogP contribution in [0, 0.1) is 17.0 Å². The van der Waals surface area contributed by atoms with Crippen molar-refractivity contribution < 1.29 is 9.72 Å². The number of non-ortho nitro benzene ring substituents is 1. The Morgan fingerprint density at radius 2 is 2.18 bits per heavy atom. The number of hydrogen-bond donors (Lipinski definition) is 0. The molecule has 0 bridgehead atoms. The van der Waals surface area contributed by atoms with Gasteiger partial charge in [-0.15, -0.1) is 11.6 Å². The number of hydrogen-bond acceptors (Lipinski definition) is 3. The lowest BCUT2D eigenvalue weighted by atomic mass is 10.1. The number of nitrogens with zero attached hydrogens (tertiary/aromatic N) is 2. The number of carbonyl (C=O) groups excluding carboxylic acids is 1. The largest absolute Gasteiger partial charge is 0.341 e. The van der Waals surface area contributed by atoms with E-state index in [1.54, 1.807) is 14.0 Å². The molecule has 0 fully saturated rings. The highest BCUT2D eigenvalue weighted by atomic mass is 35.5. The molecular weight excluding hydrogens is 244 g/mol. The summed E-state index contributed by atoms with van der Waals surface area (Å²) >= 11 is 5.55. The topological polar surface area (TPSA) is 63.5 Å². The third-order valence-electron chi connectivity index (χ3n) is 2.42. The minimum atomic E-state index is -0.482. The molecule has 0 spiro atoms. The first-order valence-corrected chi connectivity index (χ1v) is 5.57. The summed E-state index contributed by atoms with van der Waals surface area (Å²) in [6.45, 7) is 2.12. The predicted molar refractivity (Wildman–Crippen MR) is 65.5 cm³/mol. The lowest BCUT2D eigenvalue weighted by molar-refractivity contribution is -0.384. The first-order valence-electron chi connectivity index (χ1n) is 5.04. The Bertz CT molecular complexity index is 448. The van der Waals surface area contributed by atoms with Gasteiger partial charge in [0.15, 0.2) is 0 Å². The van der Waals surface area contributed by atoms with E-state index in [1.165, 1.54) is 23.1 Å². The van der Waals surface area contributed by atoms with Crippen LogP contribution in [-0.2, 0) is 0 Å². The van der Waals surface area contributed by atoms with Crippen LogP contribution in [0.3, 0.4) is 0 Å². The molecule has 1 amide bonds. The molecule has 0 saturated carbocycles. The van der Waals surface area contributed by atoms with Crippen molar-refractivity contribution in [1.82, 2.24) is 4.90 Å². The summed E-state index contributed by atoms with van der Waals surface area (Å²) in [6, 6.07) is 4.19. The molecule has 0 aliphatic heterocycles. The normalized spacial score (nSPS) is 10.1. The lowest BCUT2D eigenvalue weighted by Crippen LogP contribution is -2.29. The Labute approximate surface area is 104 Å². The molecule has 0 saturated heterocycles. The maximum absolute atomic E-state index is 11.9. The first kappa shape index (κ1) is 13.4. The molecule has 6 heteroatoms. The fourth-order valence-electron chi connectivity index (χ4n) is 1.44. The molecule has 92 valence electrons. The number of carbonyl (C=O) groups is 1. The van der Waals surface area contributed by atoms with E-state index < -0.39 is 4.92 Å². The van der Waals surface area contributed by atoms with Crippen LogP contribution >= 0.6 is 11.6 Å². The second kappa shape index (κ2) is 5.63. The van der Waals surface area contributed by atoms with Crippen LogP contribution in [0.5, 0.6) is 0 Å². The maximum atomic E-state index is 11.9. The van der Waals surface area contributed by atoms with Crippen molar-refractivity contribution in [2.24, 2.45) is 0 Å². The van der Waals surface area contributed by atoms with E-state index in [0.717, 1.165) is 0 Å². The van der Waals surface area contributed by atoms with Crippen molar-refractivity contribution in [3.8, 4) is 0 Å². The third kappa shape index (κ3) is 3.17. The minimum Gasteiger partial charge on any atom is -0.341 e. The van der Waals surface area contributed by atoms with Gasteiger partial charge in [0.25, 0.3) is 11.6 Å². The SMILES string of the molecule is Cc1cc([N+](=O)[O-])ccc1C(=O)N(C)CCCl. The van der Waals surface area contributed by atoms with E-state index in [4.69, 9.17) is 11.6 Å². The van der Waals surface area contributed by atoms with Crippen molar-refractivity contribution in [1.29, 1.82) is 0 Å². The van der Waals surface area contributed by atoms with E-state index in [9.17, 15) is 14.9 Å². The van der Waals surface area contributed by atoms with E-state index >= 15 is 0 Å². The lowest BCUT2D eigenvalue weighted by Gasteiger charge is -2.16.